The molecule has 0 aliphatic carbocycles. The third kappa shape index (κ3) is 4.73. The molecule has 1 saturated heterocycles. The van der Waals surface area contributed by atoms with Crippen LogP contribution >= 0.6 is 0 Å². The summed E-state index contributed by atoms with van der Waals surface area (Å²) in [6.07, 6.45) is 0. The summed E-state index contributed by atoms with van der Waals surface area (Å²) in [5, 5.41) is 0. The van der Waals surface area contributed by atoms with E-state index in [-0.39, 0.29) is 0 Å². The molecule has 1 aliphatic rings. The van der Waals surface area contributed by atoms with E-state index in [4.69, 9.17) is 14.2 Å². The first-order valence-electron chi connectivity index (χ1n) is 9.42. The number of rotatable bonds is 7. The Balaban J connectivity index is 1.60. The standard InChI is InChI=1S/C22H30N2O3/c1-17-5-7-18(8-6-17)15-23-11-13-24(14-12-23)16-19-9-10-20(25-2)22(27-4)21(19)26-3/h5-10H,11-16H2,1-4H3. The third-order valence-corrected chi connectivity index (χ3v) is 5.17. The minimum atomic E-state index is 0.663. The number of hydrogen-bond donors (Lipinski definition) is 0. The highest BCUT2D eigenvalue weighted by Crippen LogP contribution is 2.40. The zero-order chi connectivity index (χ0) is 19.2. The van der Waals surface area contributed by atoms with E-state index in [1.807, 2.05) is 6.07 Å². The third-order valence-electron chi connectivity index (χ3n) is 5.17. The van der Waals surface area contributed by atoms with Gasteiger partial charge >= 0.3 is 0 Å². The molecule has 0 N–H and O–H groups in total. The Labute approximate surface area is 162 Å². The van der Waals surface area contributed by atoms with Crippen LogP contribution in [0.25, 0.3) is 0 Å². The van der Waals surface area contributed by atoms with Crippen LogP contribution in [0.15, 0.2) is 36.4 Å². The summed E-state index contributed by atoms with van der Waals surface area (Å²) in [6.45, 7) is 8.24. The number of aryl methyl sites for hydroxylation is 1. The zero-order valence-corrected chi connectivity index (χ0v) is 16.8. The molecule has 0 amide bonds. The van der Waals surface area contributed by atoms with E-state index in [1.54, 1.807) is 21.3 Å². The van der Waals surface area contributed by atoms with Crippen molar-refractivity contribution in [3.63, 3.8) is 0 Å². The molecule has 0 unspecified atom stereocenters. The highest BCUT2D eigenvalue weighted by atomic mass is 16.5. The Bertz CT molecular complexity index is 738. The predicted molar refractivity (Wildman–Crippen MR) is 108 cm³/mol. The number of nitrogens with zero attached hydrogens (tertiary/aromatic N) is 2. The molecule has 0 bridgehead atoms. The molecular formula is C22H30N2O3. The Morgan fingerprint density at radius 3 is 1.85 bits per heavy atom. The maximum atomic E-state index is 5.62. The number of hydrogen-bond acceptors (Lipinski definition) is 5. The van der Waals surface area contributed by atoms with Crippen molar-refractivity contribution in [3.8, 4) is 17.2 Å². The maximum Gasteiger partial charge on any atom is 0.203 e. The van der Waals surface area contributed by atoms with E-state index in [9.17, 15) is 0 Å². The first-order valence-corrected chi connectivity index (χ1v) is 9.42. The molecule has 2 aromatic carbocycles. The average Bonchev–Trinajstić information content (AvgIpc) is 2.70. The molecule has 5 nitrogen and oxygen atoms in total. The van der Waals surface area contributed by atoms with Crippen molar-refractivity contribution < 1.29 is 14.2 Å². The summed E-state index contributed by atoms with van der Waals surface area (Å²) in [5.41, 5.74) is 3.82. The monoisotopic (exact) mass is 370 g/mol. The summed E-state index contributed by atoms with van der Waals surface area (Å²) < 4.78 is 16.5. The second-order valence-electron chi connectivity index (χ2n) is 7.03. The van der Waals surface area contributed by atoms with Crippen molar-refractivity contribution in [1.29, 1.82) is 0 Å². The van der Waals surface area contributed by atoms with Gasteiger partial charge in [0.2, 0.25) is 5.75 Å². The SMILES string of the molecule is COc1ccc(CN2CCN(Cc3ccc(C)cc3)CC2)c(OC)c1OC. The minimum absolute atomic E-state index is 0.663. The van der Waals surface area contributed by atoms with E-state index in [0.29, 0.717) is 11.5 Å². The van der Waals surface area contributed by atoms with Crippen molar-refractivity contribution in [1.82, 2.24) is 9.80 Å². The van der Waals surface area contributed by atoms with Crippen LogP contribution in [-0.4, -0.2) is 57.3 Å². The second kappa shape index (κ2) is 9.11. The first kappa shape index (κ1) is 19.5. The largest absolute Gasteiger partial charge is 0.493 e. The van der Waals surface area contributed by atoms with E-state index in [0.717, 1.165) is 50.6 Å². The summed E-state index contributed by atoms with van der Waals surface area (Å²) in [5.74, 6) is 2.12. The number of piperazine rings is 1. The Morgan fingerprint density at radius 1 is 0.704 bits per heavy atom. The number of benzene rings is 2. The smallest absolute Gasteiger partial charge is 0.203 e. The summed E-state index contributed by atoms with van der Waals surface area (Å²) in [7, 11) is 4.97. The molecule has 1 heterocycles. The van der Waals surface area contributed by atoms with Crippen molar-refractivity contribution in [3.05, 3.63) is 53.1 Å². The normalized spacial score (nSPS) is 15.6. The van der Waals surface area contributed by atoms with Gasteiger partial charge in [0.05, 0.1) is 21.3 Å². The molecular weight excluding hydrogens is 340 g/mol. The van der Waals surface area contributed by atoms with Gasteiger partial charge in [-0.2, -0.15) is 0 Å². The lowest BCUT2D eigenvalue weighted by Gasteiger charge is -2.35. The van der Waals surface area contributed by atoms with Gasteiger partial charge in [-0.1, -0.05) is 35.9 Å². The molecule has 0 saturated carbocycles. The second-order valence-corrected chi connectivity index (χ2v) is 7.03. The van der Waals surface area contributed by atoms with E-state index in [2.05, 4.69) is 47.1 Å². The molecule has 5 heteroatoms. The van der Waals surface area contributed by atoms with Crippen LogP contribution in [0, 0.1) is 6.92 Å². The highest BCUT2D eigenvalue weighted by Gasteiger charge is 2.21. The first-order chi connectivity index (χ1) is 13.1. The van der Waals surface area contributed by atoms with Crippen molar-refractivity contribution in [2.24, 2.45) is 0 Å². The van der Waals surface area contributed by atoms with E-state index in [1.165, 1.54) is 11.1 Å². The lowest BCUT2D eigenvalue weighted by atomic mass is 10.1. The van der Waals surface area contributed by atoms with Gasteiger partial charge in [-0.3, -0.25) is 9.80 Å². The van der Waals surface area contributed by atoms with Crippen LogP contribution in [-0.2, 0) is 13.1 Å². The fourth-order valence-corrected chi connectivity index (χ4v) is 3.59. The maximum absolute atomic E-state index is 5.62. The Kier molecular flexibility index (Phi) is 6.58. The average molecular weight is 370 g/mol. The van der Waals surface area contributed by atoms with E-state index < -0.39 is 0 Å². The number of methoxy groups -OCH3 is 3. The van der Waals surface area contributed by atoms with Gasteiger partial charge in [0, 0.05) is 44.8 Å². The van der Waals surface area contributed by atoms with Crippen molar-refractivity contribution in [2.75, 3.05) is 47.5 Å². The van der Waals surface area contributed by atoms with Crippen molar-refractivity contribution >= 4 is 0 Å². The predicted octanol–water partition coefficient (Wildman–Crippen LogP) is 3.34. The molecule has 0 spiro atoms. The van der Waals surface area contributed by atoms with Gasteiger partial charge in [0.1, 0.15) is 0 Å². The Hall–Kier alpha value is -2.24. The van der Waals surface area contributed by atoms with Crippen molar-refractivity contribution in [2.45, 2.75) is 20.0 Å². The quantitative estimate of drug-likeness (QED) is 0.747. The van der Waals surface area contributed by atoms with Crippen LogP contribution in [0.5, 0.6) is 17.2 Å². The molecule has 1 fully saturated rings. The molecule has 1 aliphatic heterocycles. The minimum Gasteiger partial charge on any atom is -0.493 e. The lowest BCUT2D eigenvalue weighted by molar-refractivity contribution is 0.121. The summed E-state index contributed by atoms with van der Waals surface area (Å²) in [4.78, 5) is 4.99. The van der Waals surface area contributed by atoms with Crippen LogP contribution < -0.4 is 14.2 Å². The molecule has 0 radical (unpaired) electrons. The topological polar surface area (TPSA) is 34.2 Å². The van der Waals surface area contributed by atoms with Gasteiger partial charge in [-0.05, 0) is 18.6 Å². The fraction of sp³-hybridized carbons (Fsp3) is 0.455. The molecule has 0 aromatic heterocycles. The summed E-state index contributed by atoms with van der Waals surface area (Å²) >= 11 is 0. The van der Waals surface area contributed by atoms with Gasteiger partial charge in [0.15, 0.2) is 11.5 Å². The van der Waals surface area contributed by atoms with Gasteiger partial charge in [0.25, 0.3) is 0 Å². The van der Waals surface area contributed by atoms with Crippen LogP contribution in [0.2, 0.25) is 0 Å². The molecule has 3 rings (SSSR count). The molecule has 2 aromatic rings. The summed E-state index contributed by atoms with van der Waals surface area (Å²) in [6, 6.07) is 12.9. The van der Waals surface area contributed by atoms with Gasteiger partial charge in [-0.25, -0.2) is 0 Å². The highest BCUT2D eigenvalue weighted by molar-refractivity contribution is 5.55. The lowest BCUT2D eigenvalue weighted by Crippen LogP contribution is -2.45. The van der Waals surface area contributed by atoms with Crippen LogP contribution in [0.4, 0.5) is 0 Å². The van der Waals surface area contributed by atoms with E-state index >= 15 is 0 Å². The van der Waals surface area contributed by atoms with Crippen LogP contribution in [0.3, 0.4) is 0 Å². The molecule has 27 heavy (non-hydrogen) atoms. The van der Waals surface area contributed by atoms with Gasteiger partial charge in [-0.15, -0.1) is 0 Å². The van der Waals surface area contributed by atoms with Crippen LogP contribution in [0.1, 0.15) is 16.7 Å². The Morgan fingerprint density at radius 2 is 1.30 bits per heavy atom. The molecule has 0 atom stereocenters. The fourth-order valence-electron chi connectivity index (χ4n) is 3.59. The molecule has 146 valence electrons. The van der Waals surface area contributed by atoms with Gasteiger partial charge < -0.3 is 14.2 Å². The number of ether oxygens (including phenoxy) is 3. The zero-order valence-electron chi connectivity index (χ0n) is 16.8.